The Hall–Kier alpha value is -1.14. The summed E-state index contributed by atoms with van der Waals surface area (Å²) in [5.41, 5.74) is 2.24. The lowest BCUT2D eigenvalue weighted by Gasteiger charge is -2.18. The largest absolute Gasteiger partial charge is 0.377 e. The van der Waals surface area contributed by atoms with Gasteiger partial charge in [0.15, 0.2) is 0 Å². The van der Waals surface area contributed by atoms with E-state index in [0.717, 1.165) is 20.3 Å². The lowest BCUT2D eigenvalue weighted by molar-refractivity contribution is 0.813. The minimum Gasteiger partial charge on any atom is -0.377 e. The Labute approximate surface area is 134 Å². The summed E-state index contributed by atoms with van der Waals surface area (Å²) in [5.74, 6) is 0.633. The average molecular weight is 401 g/mol. The number of aryl methyl sites for hydroxylation is 2. The molecule has 1 atom stereocenters. The topological polar surface area (TPSA) is 57.8 Å². The monoisotopic (exact) mass is 399 g/mol. The Morgan fingerprint density at radius 1 is 1.30 bits per heavy atom. The van der Waals surface area contributed by atoms with Crippen molar-refractivity contribution < 1.29 is 0 Å². The van der Waals surface area contributed by atoms with Crippen LogP contribution in [-0.4, -0.2) is 9.97 Å². The first-order chi connectivity index (χ1) is 9.38. The van der Waals surface area contributed by atoms with E-state index in [1.54, 1.807) is 6.92 Å². The quantitative estimate of drug-likeness (QED) is 0.815. The van der Waals surface area contributed by atoms with Crippen molar-refractivity contribution in [3.63, 3.8) is 0 Å². The van der Waals surface area contributed by atoms with Crippen LogP contribution in [0.1, 0.15) is 30.0 Å². The highest BCUT2D eigenvalue weighted by Crippen LogP contribution is 2.29. The summed E-state index contributed by atoms with van der Waals surface area (Å²) in [5, 5.41) is 3.33. The minimum atomic E-state index is -0.135. The second kappa shape index (κ2) is 6.10. The normalized spacial score (nSPS) is 12.2. The number of nitrogens with zero attached hydrogens (tertiary/aromatic N) is 1. The molecule has 0 amide bonds. The summed E-state index contributed by atoms with van der Waals surface area (Å²) in [6, 6.07) is 5.73. The molecule has 2 N–H and O–H groups in total. The van der Waals surface area contributed by atoms with Crippen molar-refractivity contribution in [3.8, 4) is 0 Å². The molecule has 0 spiro atoms. The zero-order chi connectivity index (χ0) is 14.9. The molecule has 0 bridgehead atoms. The molecule has 4 nitrogen and oxygen atoms in total. The summed E-state index contributed by atoms with van der Waals surface area (Å²) >= 11 is 6.92. The van der Waals surface area contributed by atoms with E-state index < -0.39 is 0 Å². The van der Waals surface area contributed by atoms with Crippen molar-refractivity contribution in [3.05, 3.63) is 54.6 Å². The zero-order valence-electron chi connectivity index (χ0n) is 11.4. The smallest absolute Gasteiger partial charge is 0.256 e. The molecule has 1 aromatic carbocycles. The van der Waals surface area contributed by atoms with Gasteiger partial charge in [0.05, 0.1) is 17.3 Å². The van der Waals surface area contributed by atoms with Gasteiger partial charge in [-0.1, -0.05) is 15.9 Å². The molecule has 106 valence electrons. The van der Waals surface area contributed by atoms with Crippen LogP contribution in [-0.2, 0) is 0 Å². The van der Waals surface area contributed by atoms with Crippen molar-refractivity contribution in [1.29, 1.82) is 0 Å². The van der Waals surface area contributed by atoms with E-state index >= 15 is 0 Å². The number of aromatic nitrogens is 2. The van der Waals surface area contributed by atoms with Crippen molar-refractivity contribution in [2.45, 2.75) is 26.8 Å². The van der Waals surface area contributed by atoms with Gasteiger partial charge in [-0.25, -0.2) is 4.98 Å². The van der Waals surface area contributed by atoms with Gasteiger partial charge in [0.2, 0.25) is 0 Å². The van der Waals surface area contributed by atoms with E-state index in [0.29, 0.717) is 11.4 Å². The van der Waals surface area contributed by atoms with Crippen molar-refractivity contribution in [2.24, 2.45) is 0 Å². The third kappa shape index (κ3) is 3.30. The van der Waals surface area contributed by atoms with Crippen LogP contribution in [0.25, 0.3) is 0 Å². The fourth-order valence-electron chi connectivity index (χ4n) is 2.16. The molecule has 1 heterocycles. The maximum absolute atomic E-state index is 12.1. The summed E-state index contributed by atoms with van der Waals surface area (Å²) in [6.07, 6.45) is 0. The second-order valence-corrected chi connectivity index (χ2v) is 6.41. The maximum Gasteiger partial charge on any atom is 0.256 e. The van der Waals surface area contributed by atoms with Gasteiger partial charge in [-0.3, -0.25) is 4.79 Å². The molecule has 0 saturated heterocycles. The number of halogens is 2. The van der Waals surface area contributed by atoms with E-state index in [4.69, 9.17) is 0 Å². The lowest BCUT2D eigenvalue weighted by atomic mass is 10.1. The first kappa shape index (κ1) is 15.3. The molecular weight excluding hydrogens is 386 g/mol. The summed E-state index contributed by atoms with van der Waals surface area (Å²) in [7, 11) is 0. The molecule has 1 unspecified atom stereocenters. The van der Waals surface area contributed by atoms with Crippen LogP contribution in [0.2, 0.25) is 0 Å². The third-order valence-electron chi connectivity index (χ3n) is 3.00. The number of nitrogens with one attached hydrogen (secondary N) is 2. The molecule has 0 aliphatic rings. The van der Waals surface area contributed by atoms with Gasteiger partial charge in [0, 0.05) is 14.6 Å². The molecule has 2 rings (SSSR count). The minimum absolute atomic E-state index is 0.0942. The number of rotatable bonds is 3. The van der Waals surface area contributed by atoms with Gasteiger partial charge < -0.3 is 10.3 Å². The highest BCUT2D eigenvalue weighted by Gasteiger charge is 2.15. The number of hydrogen-bond donors (Lipinski definition) is 2. The van der Waals surface area contributed by atoms with Crippen LogP contribution in [0.3, 0.4) is 0 Å². The van der Waals surface area contributed by atoms with Crippen LogP contribution in [0, 0.1) is 13.8 Å². The molecule has 2 aromatic rings. The zero-order valence-corrected chi connectivity index (χ0v) is 14.6. The Balaban J connectivity index is 2.33. The van der Waals surface area contributed by atoms with Crippen molar-refractivity contribution >= 4 is 37.5 Å². The van der Waals surface area contributed by atoms with Crippen molar-refractivity contribution in [2.75, 3.05) is 5.32 Å². The number of anilines is 1. The van der Waals surface area contributed by atoms with E-state index in [9.17, 15) is 4.79 Å². The number of aromatic amines is 1. The number of benzene rings is 1. The molecule has 1 aromatic heterocycles. The predicted molar refractivity (Wildman–Crippen MR) is 88.2 cm³/mol. The van der Waals surface area contributed by atoms with Crippen molar-refractivity contribution in [1.82, 2.24) is 9.97 Å². The second-order valence-electron chi connectivity index (χ2n) is 4.64. The first-order valence-electron chi connectivity index (χ1n) is 6.17. The summed E-state index contributed by atoms with van der Waals surface area (Å²) < 4.78 is 1.93. The Bertz CT molecular complexity index is 697. The highest BCUT2D eigenvalue weighted by molar-refractivity contribution is 9.11. The summed E-state index contributed by atoms with van der Waals surface area (Å²) in [4.78, 5) is 19.1. The van der Waals surface area contributed by atoms with E-state index in [2.05, 4.69) is 47.1 Å². The highest BCUT2D eigenvalue weighted by atomic mass is 79.9. The van der Waals surface area contributed by atoms with Gasteiger partial charge in [0.25, 0.3) is 5.56 Å². The standard InChI is InChI=1S/C14H15Br2N3O/c1-7-13(14(20)19-9(3)17-7)8(2)18-12-5-4-10(15)6-11(12)16/h4-6,8,18H,1-3H3,(H,17,19,20). The molecular formula is C14H15Br2N3O. The SMILES string of the molecule is Cc1nc(C)c(C(C)Nc2ccc(Br)cc2Br)c(=O)[nH]1. The predicted octanol–water partition coefficient (Wildman–Crippen LogP) is 4.08. The molecule has 0 radical (unpaired) electrons. The lowest BCUT2D eigenvalue weighted by Crippen LogP contribution is -2.23. The van der Waals surface area contributed by atoms with Crippen LogP contribution < -0.4 is 10.9 Å². The number of hydrogen-bond acceptors (Lipinski definition) is 3. The molecule has 0 fully saturated rings. The fraction of sp³-hybridized carbons (Fsp3) is 0.286. The molecule has 0 aliphatic heterocycles. The maximum atomic E-state index is 12.1. The van der Waals surface area contributed by atoms with Crippen LogP contribution in [0.4, 0.5) is 5.69 Å². The average Bonchev–Trinajstić information content (AvgIpc) is 2.31. The van der Waals surface area contributed by atoms with Crippen LogP contribution in [0.15, 0.2) is 31.9 Å². The third-order valence-corrected chi connectivity index (χ3v) is 4.15. The fourth-order valence-corrected chi connectivity index (χ4v) is 3.32. The van der Waals surface area contributed by atoms with E-state index in [-0.39, 0.29) is 11.6 Å². The summed E-state index contributed by atoms with van der Waals surface area (Å²) in [6.45, 7) is 5.58. The first-order valence-corrected chi connectivity index (χ1v) is 7.76. The van der Waals surface area contributed by atoms with Gasteiger partial charge in [-0.15, -0.1) is 0 Å². The van der Waals surface area contributed by atoms with Gasteiger partial charge in [-0.05, 0) is 54.9 Å². The van der Waals surface area contributed by atoms with Crippen LogP contribution in [0.5, 0.6) is 0 Å². The molecule has 0 saturated carbocycles. The van der Waals surface area contributed by atoms with Crippen LogP contribution >= 0.6 is 31.9 Å². The number of H-pyrrole nitrogens is 1. The van der Waals surface area contributed by atoms with Gasteiger partial charge >= 0.3 is 0 Å². The molecule has 0 aliphatic carbocycles. The van der Waals surface area contributed by atoms with E-state index in [1.807, 2.05) is 32.0 Å². The molecule has 6 heteroatoms. The molecule has 20 heavy (non-hydrogen) atoms. The Kier molecular flexibility index (Phi) is 4.65. The Morgan fingerprint density at radius 2 is 2.00 bits per heavy atom. The Morgan fingerprint density at radius 3 is 2.60 bits per heavy atom. The van der Waals surface area contributed by atoms with Gasteiger partial charge in [-0.2, -0.15) is 0 Å². The van der Waals surface area contributed by atoms with E-state index in [1.165, 1.54) is 0 Å². The van der Waals surface area contributed by atoms with Gasteiger partial charge in [0.1, 0.15) is 5.82 Å².